The summed E-state index contributed by atoms with van der Waals surface area (Å²) in [5.74, 6) is 0. The molecule has 1 N–H and O–H groups in total. The van der Waals surface area contributed by atoms with Gasteiger partial charge in [-0.2, -0.15) is 0 Å². The topological polar surface area (TPSA) is 12.0 Å². The van der Waals surface area contributed by atoms with Gasteiger partial charge in [0, 0.05) is 11.1 Å². The third kappa shape index (κ3) is 5.36. The van der Waals surface area contributed by atoms with E-state index in [4.69, 9.17) is 11.6 Å². The molecule has 1 nitrogen and oxygen atoms in total. The van der Waals surface area contributed by atoms with Crippen molar-refractivity contribution in [3.63, 3.8) is 0 Å². The molecule has 0 bridgehead atoms. The van der Waals surface area contributed by atoms with Crippen molar-refractivity contribution in [3.05, 3.63) is 70.7 Å². The van der Waals surface area contributed by atoms with Crippen LogP contribution in [0.3, 0.4) is 0 Å². The fourth-order valence-corrected chi connectivity index (χ4v) is 2.59. The summed E-state index contributed by atoms with van der Waals surface area (Å²) < 4.78 is 0. The summed E-state index contributed by atoms with van der Waals surface area (Å²) in [5, 5.41) is 4.40. The first-order valence-corrected chi connectivity index (χ1v) is 7.63. The van der Waals surface area contributed by atoms with E-state index in [1.54, 1.807) is 0 Å². The molecule has 0 heterocycles. The maximum atomic E-state index is 6.00. The Kier molecular flexibility index (Phi) is 6.10. The lowest BCUT2D eigenvalue weighted by molar-refractivity contribution is 0.534. The van der Waals surface area contributed by atoms with Gasteiger partial charge in [0.1, 0.15) is 0 Å². The van der Waals surface area contributed by atoms with E-state index in [1.165, 1.54) is 17.5 Å². The monoisotopic (exact) mass is 287 g/mol. The number of benzene rings is 2. The van der Waals surface area contributed by atoms with Crippen LogP contribution in [-0.2, 0) is 12.8 Å². The SMILES string of the molecule is CC(Cc1cccc(Cl)c1)NCCCc1ccccc1. The quantitative estimate of drug-likeness (QED) is 0.740. The molecule has 1 unspecified atom stereocenters. The standard InChI is InChI=1S/C18H22ClN/c1-15(13-17-9-5-11-18(19)14-17)20-12-6-10-16-7-3-2-4-8-16/h2-5,7-9,11,14-15,20H,6,10,12-13H2,1H3. The average Bonchev–Trinajstić information content (AvgIpc) is 2.45. The van der Waals surface area contributed by atoms with Crippen molar-refractivity contribution in [2.75, 3.05) is 6.54 Å². The highest BCUT2D eigenvalue weighted by molar-refractivity contribution is 6.30. The largest absolute Gasteiger partial charge is 0.314 e. The van der Waals surface area contributed by atoms with Crippen LogP contribution >= 0.6 is 11.6 Å². The Morgan fingerprint density at radius 3 is 2.50 bits per heavy atom. The highest BCUT2D eigenvalue weighted by Gasteiger charge is 2.03. The zero-order valence-electron chi connectivity index (χ0n) is 12.0. The maximum absolute atomic E-state index is 6.00. The Morgan fingerprint density at radius 2 is 1.75 bits per heavy atom. The van der Waals surface area contributed by atoms with Gasteiger partial charge >= 0.3 is 0 Å². The van der Waals surface area contributed by atoms with Crippen molar-refractivity contribution >= 4 is 11.6 Å². The lowest BCUT2D eigenvalue weighted by Crippen LogP contribution is -2.29. The van der Waals surface area contributed by atoms with Crippen molar-refractivity contribution in [3.8, 4) is 0 Å². The van der Waals surface area contributed by atoms with Crippen LogP contribution in [-0.4, -0.2) is 12.6 Å². The van der Waals surface area contributed by atoms with Gasteiger partial charge in [0.25, 0.3) is 0 Å². The zero-order valence-corrected chi connectivity index (χ0v) is 12.7. The molecule has 20 heavy (non-hydrogen) atoms. The smallest absolute Gasteiger partial charge is 0.0408 e. The zero-order chi connectivity index (χ0) is 14.2. The lowest BCUT2D eigenvalue weighted by atomic mass is 10.1. The molecule has 0 aromatic heterocycles. The lowest BCUT2D eigenvalue weighted by Gasteiger charge is -2.14. The molecular weight excluding hydrogens is 266 g/mol. The summed E-state index contributed by atoms with van der Waals surface area (Å²) in [5.41, 5.74) is 2.71. The van der Waals surface area contributed by atoms with E-state index < -0.39 is 0 Å². The first kappa shape index (κ1) is 15.1. The summed E-state index contributed by atoms with van der Waals surface area (Å²) in [7, 11) is 0. The van der Waals surface area contributed by atoms with Crippen LogP contribution in [0, 0.1) is 0 Å². The molecule has 1 atom stereocenters. The molecule has 0 radical (unpaired) electrons. The normalized spacial score (nSPS) is 12.3. The number of aryl methyl sites for hydroxylation is 1. The number of hydrogen-bond acceptors (Lipinski definition) is 1. The first-order chi connectivity index (χ1) is 9.74. The molecule has 2 aromatic carbocycles. The van der Waals surface area contributed by atoms with Crippen LogP contribution in [0.2, 0.25) is 5.02 Å². The van der Waals surface area contributed by atoms with Crippen LogP contribution in [0.5, 0.6) is 0 Å². The minimum atomic E-state index is 0.476. The Balaban J connectivity index is 1.66. The van der Waals surface area contributed by atoms with Gasteiger partial charge in [-0.25, -0.2) is 0 Å². The maximum Gasteiger partial charge on any atom is 0.0408 e. The molecular formula is C18H22ClN. The summed E-state index contributed by atoms with van der Waals surface area (Å²) in [6.07, 6.45) is 3.33. The van der Waals surface area contributed by atoms with Crippen molar-refractivity contribution in [1.82, 2.24) is 5.32 Å². The predicted molar refractivity (Wildman–Crippen MR) is 87.4 cm³/mol. The van der Waals surface area contributed by atoms with Gasteiger partial charge in [0.05, 0.1) is 0 Å². The van der Waals surface area contributed by atoms with Gasteiger partial charge in [0.15, 0.2) is 0 Å². The highest BCUT2D eigenvalue weighted by atomic mass is 35.5. The molecule has 2 heteroatoms. The first-order valence-electron chi connectivity index (χ1n) is 7.26. The van der Waals surface area contributed by atoms with E-state index >= 15 is 0 Å². The second kappa shape index (κ2) is 8.08. The fraction of sp³-hybridized carbons (Fsp3) is 0.333. The van der Waals surface area contributed by atoms with Crippen molar-refractivity contribution < 1.29 is 0 Å². The number of rotatable bonds is 7. The van der Waals surface area contributed by atoms with Crippen molar-refractivity contribution in [2.24, 2.45) is 0 Å². The van der Waals surface area contributed by atoms with E-state index in [1.807, 2.05) is 18.2 Å². The van der Waals surface area contributed by atoms with Crippen LogP contribution in [0.15, 0.2) is 54.6 Å². The molecule has 0 fully saturated rings. The van der Waals surface area contributed by atoms with Crippen LogP contribution in [0.25, 0.3) is 0 Å². The van der Waals surface area contributed by atoms with Gasteiger partial charge in [-0.15, -0.1) is 0 Å². The van der Waals surface area contributed by atoms with Gasteiger partial charge in [-0.1, -0.05) is 54.1 Å². The van der Waals surface area contributed by atoms with E-state index in [9.17, 15) is 0 Å². The van der Waals surface area contributed by atoms with E-state index in [0.717, 1.165) is 24.4 Å². The second-order valence-electron chi connectivity index (χ2n) is 5.28. The summed E-state index contributed by atoms with van der Waals surface area (Å²) in [4.78, 5) is 0. The summed E-state index contributed by atoms with van der Waals surface area (Å²) >= 11 is 6.00. The molecule has 0 aliphatic rings. The van der Waals surface area contributed by atoms with Crippen LogP contribution in [0.1, 0.15) is 24.5 Å². The third-order valence-electron chi connectivity index (χ3n) is 3.41. The molecule has 0 amide bonds. The predicted octanol–water partition coefficient (Wildman–Crippen LogP) is 4.49. The van der Waals surface area contributed by atoms with E-state index in [0.29, 0.717) is 6.04 Å². The molecule has 0 aliphatic carbocycles. The van der Waals surface area contributed by atoms with Gasteiger partial charge < -0.3 is 5.32 Å². The Morgan fingerprint density at radius 1 is 1.00 bits per heavy atom. The number of nitrogens with one attached hydrogen (secondary N) is 1. The van der Waals surface area contributed by atoms with E-state index in [2.05, 4.69) is 48.6 Å². The Labute approximate surface area is 127 Å². The number of hydrogen-bond donors (Lipinski definition) is 1. The fourth-order valence-electron chi connectivity index (χ4n) is 2.38. The van der Waals surface area contributed by atoms with Crippen LogP contribution in [0.4, 0.5) is 0 Å². The molecule has 2 rings (SSSR count). The molecule has 0 saturated carbocycles. The second-order valence-corrected chi connectivity index (χ2v) is 5.71. The highest BCUT2D eigenvalue weighted by Crippen LogP contribution is 2.12. The Bertz CT molecular complexity index is 510. The summed E-state index contributed by atoms with van der Waals surface area (Å²) in [6.45, 7) is 3.28. The van der Waals surface area contributed by atoms with Gasteiger partial charge in [-0.05, 0) is 56.0 Å². The van der Waals surface area contributed by atoms with Crippen LogP contribution < -0.4 is 5.32 Å². The average molecular weight is 288 g/mol. The molecule has 0 aliphatic heterocycles. The van der Waals surface area contributed by atoms with E-state index in [-0.39, 0.29) is 0 Å². The third-order valence-corrected chi connectivity index (χ3v) is 3.64. The molecule has 0 spiro atoms. The molecule has 2 aromatic rings. The van der Waals surface area contributed by atoms with Gasteiger partial charge in [0.2, 0.25) is 0 Å². The minimum absolute atomic E-state index is 0.476. The minimum Gasteiger partial charge on any atom is -0.314 e. The van der Waals surface area contributed by atoms with Gasteiger partial charge in [-0.3, -0.25) is 0 Å². The van der Waals surface area contributed by atoms with Crippen molar-refractivity contribution in [2.45, 2.75) is 32.2 Å². The van der Waals surface area contributed by atoms with Crippen molar-refractivity contribution in [1.29, 1.82) is 0 Å². The molecule has 0 saturated heterocycles. The Hall–Kier alpha value is -1.31. The number of halogens is 1. The molecule has 106 valence electrons. The summed E-state index contributed by atoms with van der Waals surface area (Å²) in [6, 6.07) is 19.2.